The quantitative estimate of drug-likeness (QED) is 0.857. The summed E-state index contributed by atoms with van der Waals surface area (Å²) in [6.45, 7) is 0. The van der Waals surface area contributed by atoms with Gasteiger partial charge in [0.25, 0.3) is 0 Å². The van der Waals surface area contributed by atoms with Gasteiger partial charge in [-0.3, -0.25) is 0 Å². The maximum atomic E-state index is 5.47. The van der Waals surface area contributed by atoms with Crippen LogP contribution in [0.15, 0.2) is 45.1 Å². The molecule has 0 aliphatic heterocycles. The first-order chi connectivity index (χ1) is 7.24. The maximum Gasteiger partial charge on any atom is 0.221 e. The van der Waals surface area contributed by atoms with Crippen molar-refractivity contribution in [3.63, 3.8) is 0 Å². The highest BCUT2D eigenvalue weighted by molar-refractivity contribution is 9.10. The highest BCUT2D eigenvalue weighted by Gasteiger charge is 2.00. The van der Waals surface area contributed by atoms with Crippen LogP contribution in [0.5, 0.6) is 0 Å². The van der Waals surface area contributed by atoms with Crippen molar-refractivity contribution < 1.29 is 0 Å². The second-order valence-corrected chi connectivity index (χ2v) is 4.63. The van der Waals surface area contributed by atoms with E-state index < -0.39 is 0 Å². The van der Waals surface area contributed by atoms with E-state index in [-0.39, 0.29) is 5.95 Å². The van der Waals surface area contributed by atoms with Crippen molar-refractivity contribution in [2.24, 2.45) is 0 Å². The molecule has 0 fully saturated rings. The number of anilines is 1. The Labute approximate surface area is 99.5 Å². The van der Waals surface area contributed by atoms with Gasteiger partial charge in [0.2, 0.25) is 5.95 Å². The SMILES string of the molecule is Nc1nccc(Sc2ccc(Br)cn2)n1. The zero-order chi connectivity index (χ0) is 10.7. The Balaban J connectivity index is 2.18. The third-order valence-corrected chi connectivity index (χ3v) is 2.91. The van der Waals surface area contributed by atoms with E-state index in [1.165, 1.54) is 11.8 Å². The summed E-state index contributed by atoms with van der Waals surface area (Å²) in [6, 6.07) is 5.64. The summed E-state index contributed by atoms with van der Waals surface area (Å²) in [5, 5.41) is 1.66. The highest BCUT2D eigenvalue weighted by Crippen LogP contribution is 2.24. The molecule has 0 saturated carbocycles. The minimum atomic E-state index is 0.275. The lowest BCUT2D eigenvalue weighted by Crippen LogP contribution is -1.94. The van der Waals surface area contributed by atoms with Crippen LogP contribution < -0.4 is 5.73 Å². The number of nitrogen functional groups attached to an aromatic ring is 1. The fourth-order valence-corrected chi connectivity index (χ4v) is 1.90. The van der Waals surface area contributed by atoms with E-state index in [0.717, 1.165) is 14.5 Å². The van der Waals surface area contributed by atoms with Crippen molar-refractivity contribution in [2.45, 2.75) is 10.1 Å². The fraction of sp³-hybridized carbons (Fsp3) is 0. The summed E-state index contributed by atoms with van der Waals surface area (Å²) < 4.78 is 0.953. The molecule has 6 heteroatoms. The summed E-state index contributed by atoms with van der Waals surface area (Å²) in [5.74, 6) is 0.275. The largest absolute Gasteiger partial charge is 0.368 e. The van der Waals surface area contributed by atoms with E-state index in [9.17, 15) is 0 Å². The number of aromatic nitrogens is 3. The van der Waals surface area contributed by atoms with Gasteiger partial charge in [-0.2, -0.15) is 0 Å². The summed E-state index contributed by atoms with van der Waals surface area (Å²) >= 11 is 4.77. The van der Waals surface area contributed by atoms with Gasteiger partial charge in [0.05, 0.1) is 0 Å². The smallest absolute Gasteiger partial charge is 0.221 e. The number of halogens is 1. The van der Waals surface area contributed by atoms with Crippen LogP contribution in [0.4, 0.5) is 5.95 Å². The van der Waals surface area contributed by atoms with E-state index in [1.54, 1.807) is 18.5 Å². The highest BCUT2D eigenvalue weighted by atomic mass is 79.9. The number of pyridine rings is 1. The van der Waals surface area contributed by atoms with Crippen LogP contribution >= 0.6 is 27.7 Å². The first kappa shape index (κ1) is 10.4. The van der Waals surface area contributed by atoms with Crippen LogP contribution in [-0.4, -0.2) is 15.0 Å². The molecule has 0 radical (unpaired) electrons. The van der Waals surface area contributed by atoms with E-state index in [2.05, 4.69) is 30.9 Å². The Kier molecular flexibility index (Phi) is 3.17. The molecule has 4 nitrogen and oxygen atoms in total. The van der Waals surface area contributed by atoms with E-state index in [1.807, 2.05) is 12.1 Å². The predicted molar refractivity (Wildman–Crippen MR) is 62.5 cm³/mol. The molecule has 0 aliphatic carbocycles. The first-order valence-corrected chi connectivity index (χ1v) is 5.73. The Hall–Kier alpha value is -1.14. The van der Waals surface area contributed by atoms with Crippen molar-refractivity contribution in [3.05, 3.63) is 35.1 Å². The lowest BCUT2D eigenvalue weighted by molar-refractivity contribution is 1.05. The van der Waals surface area contributed by atoms with Gasteiger partial charge in [-0.15, -0.1) is 0 Å². The number of hydrogen-bond acceptors (Lipinski definition) is 5. The minimum Gasteiger partial charge on any atom is -0.368 e. The van der Waals surface area contributed by atoms with Crippen LogP contribution in [0.3, 0.4) is 0 Å². The molecular formula is C9H7BrN4S. The molecule has 0 bridgehead atoms. The Morgan fingerprint density at radius 1 is 1.13 bits per heavy atom. The molecule has 15 heavy (non-hydrogen) atoms. The molecule has 0 amide bonds. The molecule has 2 aromatic heterocycles. The van der Waals surface area contributed by atoms with Crippen molar-refractivity contribution in [1.29, 1.82) is 0 Å². The maximum absolute atomic E-state index is 5.47. The van der Waals surface area contributed by atoms with E-state index in [4.69, 9.17) is 5.73 Å². The van der Waals surface area contributed by atoms with Crippen molar-refractivity contribution in [1.82, 2.24) is 15.0 Å². The van der Waals surface area contributed by atoms with Gasteiger partial charge in [0, 0.05) is 16.9 Å². The first-order valence-electron chi connectivity index (χ1n) is 4.12. The lowest BCUT2D eigenvalue weighted by atomic mass is 10.5. The average Bonchev–Trinajstić information content (AvgIpc) is 2.22. The van der Waals surface area contributed by atoms with Gasteiger partial charge in [0.1, 0.15) is 10.1 Å². The second kappa shape index (κ2) is 4.59. The van der Waals surface area contributed by atoms with E-state index in [0.29, 0.717) is 0 Å². The van der Waals surface area contributed by atoms with Gasteiger partial charge in [-0.05, 0) is 45.9 Å². The Morgan fingerprint density at radius 3 is 2.67 bits per heavy atom. The molecule has 2 rings (SSSR count). The zero-order valence-corrected chi connectivity index (χ0v) is 9.99. The van der Waals surface area contributed by atoms with Gasteiger partial charge >= 0.3 is 0 Å². The Morgan fingerprint density at radius 2 is 2.00 bits per heavy atom. The third kappa shape index (κ3) is 2.90. The van der Waals surface area contributed by atoms with Crippen LogP contribution in [0, 0.1) is 0 Å². The molecule has 0 saturated heterocycles. The molecule has 76 valence electrons. The topological polar surface area (TPSA) is 64.7 Å². The second-order valence-electron chi connectivity index (χ2n) is 2.67. The van der Waals surface area contributed by atoms with Crippen LogP contribution in [0.1, 0.15) is 0 Å². The molecule has 2 heterocycles. The zero-order valence-electron chi connectivity index (χ0n) is 7.59. The molecule has 0 spiro atoms. The third-order valence-electron chi connectivity index (χ3n) is 1.56. The number of nitrogens with zero attached hydrogens (tertiary/aromatic N) is 3. The minimum absolute atomic E-state index is 0.275. The molecule has 2 N–H and O–H groups in total. The fourth-order valence-electron chi connectivity index (χ4n) is 0.943. The number of rotatable bonds is 2. The number of nitrogens with two attached hydrogens (primary N) is 1. The average molecular weight is 283 g/mol. The monoisotopic (exact) mass is 282 g/mol. The van der Waals surface area contributed by atoms with Crippen LogP contribution in [0.25, 0.3) is 0 Å². The van der Waals surface area contributed by atoms with Gasteiger partial charge in [-0.1, -0.05) is 0 Å². The van der Waals surface area contributed by atoms with Crippen molar-refractivity contribution >= 4 is 33.6 Å². The van der Waals surface area contributed by atoms with E-state index >= 15 is 0 Å². The molecular weight excluding hydrogens is 276 g/mol. The van der Waals surface area contributed by atoms with Gasteiger partial charge < -0.3 is 5.73 Å². The summed E-state index contributed by atoms with van der Waals surface area (Å²) in [7, 11) is 0. The molecule has 0 atom stereocenters. The number of hydrogen-bond donors (Lipinski definition) is 1. The van der Waals surface area contributed by atoms with Crippen molar-refractivity contribution in [3.8, 4) is 0 Å². The van der Waals surface area contributed by atoms with Gasteiger partial charge in [0.15, 0.2) is 0 Å². The lowest BCUT2D eigenvalue weighted by Gasteiger charge is -2.00. The molecule has 0 aliphatic rings. The Bertz CT molecular complexity index is 460. The molecule has 0 aromatic carbocycles. The predicted octanol–water partition coefficient (Wildman–Crippen LogP) is 2.37. The summed E-state index contributed by atoms with van der Waals surface area (Å²) in [4.78, 5) is 12.1. The van der Waals surface area contributed by atoms with Crippen molar-refractivity contribution in [2.75, 3.05) is 5.73 Å². The standard InChI is InChI=1S/C9H7BrN4S/c10-6-1-2-7(13-5-6)15-8-3-4-12-9(11)14-8/h1-5H,(H2,11,12,14). The van der Waals surface area contributed by atoms with Gasteiger partial charge in [-0.25, -0.2) is 15.0 Å². The molecule has 0 unspecified atom stereocenters. The molecule has 2 aromatic rings. The van der Waals surface area contributed by atoms with Crippen LogP contribution in [-0.2, 0) is 0 Å². The summed E-state index contributed by atoms with van der Waals surface area (Å²) in [5.41, 5.74) is 5.47. The summed E-state index contributed by atoms with van der Waals surface area (Å²) in [6.07, 6.45) is 3.37. The van der Waals surface area contributed by atoms with Crippen LogP contribution in [0.2, 0.25) is 0 Å². The normalized spacial score (nSPS) is 10.2.